The summed E-state index contributed by atoms with van der Waals surface area (Å²) in [6.07, 6.45) is -6.34. The Morgan fingerprint density at radius 2 is 1.88 bits per heavy atom. The van der Waals surface area contributed by atoms with Crippen LogP contribution in [0.4, 0.5) is 18.0 Å². The zero-order valence-electron chi connectivity index (χ0n) is 9.63. The maximum Gasteiger partial charge on any atom is 0.419 e. The van der Waals surface area contributed by atoms with E-state index in [0.29, 0.717) is 6.42 Å². The number of rotatable bonds is 4. The molecule has 0 aliphatic heterocycles. The van der Waals surface area contributed by atoms with Gasteiger partial charge in [-0.15, -0.1) is 0 Å². The summed E-state index contributed by atoms with van der Waals surface area (Å²) < 4.78 is 45.6. The molecule has 0 aromatic carbocycles. The summed E-state index contributed by atoms with van der Waals surface area (Å²) >= 11 is 0. The van der Waals surface area contributed by atoms with Gasteiger partial charge in [-0.1, -0.05) is 6.92 Å². The molecule has 0 radical (unpaired) electrons. The Labute approximate surface area is 96.3 Å². The van der Waals surface area contributed by atoms with Gasteiger partial charge in [0.05, 0.1) is 7.11 Å². The van der Waals surface area contributed by atoms with Crippen molar-refractivity contribution in [2.75, 3.05) is 7.11 Å². The molecular formula is C9H14F3NO4. The van der Waals surface area contributed by atoms with Crippen LogP contribution in [0.3, 0.4) is 0 Å². The molecule has 0 aromatic rings. The molecule has 17 heavy (non-hydrogen) atoms. The second-order valence-corrected chi connectivity index (χ2v) is 3.27. The lowest BCUT2D eigenvalue weighted by Gasteiger charge is -2.20. The lowest BCUT2D eigenvalue weighted by atomic mass is 10.3. The van der Waals surface area contributed by atoms with Gasteiger partial charge in [-0.25, -0.2) is 9.59 Å². The van der Waals surface area contributed by atoms with Crippen LogP contribution < -0.4 is 5.32 Å². The molecule has 5 nitrogen and oxygen atoms in total. The summed E-state index contributed by atoms with van der Waals surface area (Å²) in [5.41, 5.74) is 0. The number of alkyl halides is 3. The third-order valence-corrected chi connectivity index (χ3v) is 1.91. The lowest BCUT2D eigenvalue weighted by molar-refractivity contribution is -0.181. The van der Waals surface area contributed by atoms with Gasteiger partial charge in [-0.05, 0) is 13.3 Å². The maximum absolute atomic E-state index is 12.4. The van der Waals surface area contributed by atoms with Crippen molar-refractivity contribution in [2.24, 2.45) is 0 Å². The highest BCUT2D eigenvalue weighted by Gasteiger charge is 2.47. The Morgan fingerprint density at radius 3 is 2.24 bits per heavy atom. The Hall–Kier alpha value is -1.47. The fraction of sp³-hybridized carbons (Fsp3) is 0.778. The number of nitrogens with one attached hydrogen (secondary N) is 1. The number of carbonyl (C=O) groups excluding carboxylic acids is 2. The average molecular weight is 257 g/mol. The van der Waals surface area contributed by atoms with Gasteiger partial charge in [0.1, 0.15) is 6.10 Å². The number of hydrogen-bond acceptors (Lipinski definition) is 4. The summed E-state index contributed by atoms with van der Waals surface area (Å²) in [4.78, 5) is 21.9. The van der Waals surface area contributed by atoms with Gasteiger partial charge >= 0.3 is 18.2 Å². The van der Waals surface area contributed by atoms with Gasteiger partial charge in [0.25, 0.3) is 0 Å². The zero-order chi connectivity index (χ0) is 13.6. The molecule has 0 saturated carbocycles. The van der Waals surface area contributed by atoms with Crippen molar-refractivity contribution in [3.05, 3.63) is 0 Å². The molecule has 0 heterocycles. The highest BCUT2D eigenvalue weighted by molar-refractivity contribution is 5.82. The van der Waals surface area contributed by atoms with Crippen LogP contribution in [0.5, 0.6) is 0 Å². The second-order valence-electron chi connectivity index (χ2n) is 3.27. The topological polar surface area (TPSA) is 64.6 Å². The Balaban J connectivity index is 4.55. The van der Waals surface area contributed by atoms with Crippen molar-refractivity contribution in [1.82, 2.24) is 5.32 Å². The van der Waals surface area contributed by atoms with Gasteiger partial charge in [0, 0.05) is 0 Å². The maximum atomic E-state index is 12.4. The first-order chi connectivity index (χ1) is 7.72. The molecule has 100 valence electrons. The first-order valence-corrected chi connectivity index (χ1v) is 4.84. The van der Waals surface area contributed by atoms with Gasteiger partial charge in [0.15, 0.2) is 0 Å². The zero-order valence-corrected chi connectivity index (χ0v) is 9.63. The van der Waals surface area contributed by atoms with Crippen LogP contribution in [0.15, 0.2) is 0 Å². The van der Waals surface area contributed by atoms with Gasteiger partial charge < -0.3 is 9.47 Å². The normalized spacial score (nSPS) is 14.7. The van der Waals surface area contributed by atoms with Crippen LogP contribution in [0, 0.1) is 0 Å². The Kier molecular flexibility index (Phi) is 5.77. The molecule has 0 aromatic heterocycles. The summed E-state index contributed by atoms with van der Waals surface area (Å²) in [7, 11) is 0.794. The fourth-order valence-corrected chi connectivity index (χ4v) is 0.810. The molecular weight excluding hydrogens is 243 g/mol. The van der Waals surface area contributed by atoms with Crippen LogP contribution in [0.2, 0.25) is 0 Å². The van der Waals surface area contributed by atoms with Crippen molar-refractivity contribution in [2.45, 2.75) is 38.6 Å². The number of methoxy groups -OCH3 is 1. The monoisotopic (exact) mass is 257 g/mol. The van der Waals surface area contributed by atoms with E-state index in [4.69, 9.17) is 0 Å². The molecule has 0 spiro atoms. The minimum atomic E-state index is -4.93. The van der Waals surface area contributed by atoms with Gasteiger partial charge in [0.2, 0.25) is 6.04 Å². The van der Waals surface area contributed by atoms with Crippen molar-refractivity contribution in [3.63, 3.8) is 0 Å². The number of ether oxygens (including phenoxy) is 2. The summed E-state index contributed by atoms with van der Waals surface area (Å²) in [6, 6.07) is -2.72. The predicted molar refractivity (Wildman–Crippen MR) is 51.2 cm³/mol. The lowest BCUT2D eigenvalue weighted by Crippen LogP contribution is -2.51. The van der Waals surface area contributed by atoms with E-state index in [1.165, 1.54) is 12.2 Å². The summed E-state index contributed by atoms with van der Waals surface area (Å²) in [6.45, 7) is 3.21. The predicted octanol–water partition coefficient (Wildman–Crippen LogP) is 1.61. The van der Waals surface area contributed by atoms with Crippen LogP contribution in [0.1, 0.15) is 20.3 Å². The SMILES string of the molecule is CCC(C)OC(=O)NC(C(=O)OC)C(F)(F)F. The molecule has 1 N–H and O–H groups in total. The van der Waals surface area contributed by atoms with Crippen molar-refractivity contribution >= 4 is 12.1 Å². The van der Waals surface area contributed by atoms with E-state index >= 15 is 0 Å². The first kappa shape index (κ1) is 15.5. The Morgan fingerprint density at radius 1 is 1.35 bits per heavy atom. The number of amides is 1. The molecule has 2 atom stereocenters. The van der Waals surface area contributed by atoms with Crippen LogP contribution in [-0.2, 0) is 14.3 Å². The largest absolute Gasteiger partial charge is 0.467 e. The van der Waals surface area contributed by atoms with E-state index in [0.717, 1.165) is 7.11 Å². The van der Waals surface area contributed by atoms with E-state index in [1.54, 1.807) is 6.92 Å². The van der Waals surface area contributed by atoms with Crippen LogP contribution >= 0.6 is 0 Å². The molecule has 0 saturated heterocycles. The van der Waals surface area contributed by atoms with Gasteiger partial charge in [-0.2, -0.15) is 13.2 Å². The smallest absolute Gasteiger partial charge is 0.419 e. The molecule has 8 heteroatoms. The molecule has 2 unspecified atom stereocenters. The highest BCUT2D eigenvalue weighted by atomic mass is 19.4. The van der Waals surface area contributed by atoms with Crippen LogP contribution in [0.25, 0.3) is 0 Å². The number of hydrogen-bond donors (Lipinski definition) is 1. The molecule has 1 amide bonds. The molecule has 0 rings (SSSR count). The average Bonchev–Trinajstić information content (AvgIpc) is 2.23. The second kappa shape index (κ2) is 6.31. The van der Waals surface area contributed by atoms with Crippen molar-refractivity contribution in [1.29, 1.82) is 0 Å². The fourth-order valence-electron chi connectivity index (χ4n) is 0.810. The van der Waals surface area contributed by atoms with Crippen LogP contribution in [-0.4, -0.2) is 37.5 Å². The van der Waals surface area contributed by atoms with E-state index in [2.05, 4.69) is 9.47 Å². The first-order valence-electron chi connectivity index (χ1n) is 4.84. The molecule has 0 aliphatic rings. The standard InChI is InChI=1S/C9H14F3NO4/c1-4-5(2)17-8(15)13-6(7(14)16-3)9(10,11)12/h5-6H,4H2,1-3H3,(H,13,15). The van der Waals surface area contributed by atoms with E-state index in [1.807, 2.05) is 0 Å². The molecule has 0 fully saturated rings. The number of alkyl carbamates (subject to hydrolysis) is 1. The third-order valence-electron chi connectivity index (χ3n) is 1.91. The number of esters is 1. The van der Waals surface area contributed by atoms with E-state index < -0.39 is 30.4 Å². The van der Waals surface area contributed by atoms with E-state index in [-0.39, 0.29) is 0 Å². The summed E-state index contributed by atoms with van der Waals surface area (Å²) in [5, 5.41) is 1.41. The van der Waals surface area contributed by atoms with Crippen molar-refractivity contribution < 1.29 is 32.2 Å². The minimum Gasteiger partial charge on any atom is -0.467 e. The Bertz CT molecular complexity index is 280. The highest BCUT2D eigenvalue weighted by Crippen LogP contribution is 2.21. The molecule has 0 bridgehead atoms. The van der Waals surface area contributed by atoms with E-state index in [9.17, 15) is 22.8 Å². The number of carbonyl (C=O) groups is 2. The third kappa shape index (κ3) is 5.41. The van der Waals surface area contributed by atoms with Crippen molar-refractivity contribution in [3.8, 4) is 0 Å². The quantitative estimate of drug-likeness (QED) is 0.777. The number of halogens is 3. The minimum absolute atomic E-state index is 0.447. The molecule has 0 aliphatic carbocycles. The van der Waals surface area contributed by atoms with Gasteiger partial charge in [-0.3, -0.25) is 5.32 Å². The summed E-state index contributed by atoms with van der Waals surface area (Å²) in [5.74, 6) is -1.60.